The van der Waals surface area contributed by atoms with Crippen LogP contribution in [-0.4, -0.2) is 51.9 Å². The number of nitrogens with two attached hydrogens (primary N) is 1. The van der Waals surface area contributed by atoms with Gasteiger partial charge in [0.05, 0.1) is 4.47 Å². The SMILES string of the molecule is Nc1nc(C(=O)N2CCN(c3ncc(Br)cn3)CC2)cs1. The van der Waals surface area contributed by atoms with E-state index < -0.39 is 0 Å². The van der Waals surface area contributed by atoms with E-state index in [2.05, 4.69) is 35.8 Å². The molecule has 3 rings (SSSR count). The topological polar surface area (TPSA) is 88.2 Å². The smallest absolute Gasteiger partial charge is 0.273 e. The van der Waals surface area contributed by atoms with E-state index in [1.807, 2.05) is 0 Å². The van der Waals surface area contributed by atoms with Crippen LogP contribution in [-0.2, 0) is 0 Å². The molecule has 1 amide bonds. The number of nitrogens with zero attached hydrogens (tertiary/aromatic N) is 5. The van der Waals surface area contributed by atoms with Crippen molar-refractivity contribution in [3.05, 3.63) is 27.9 Å². The summed E-state index contributed by atoms with van der Waals surface area (Å²) in [5.41, 5.74) is 5.99. The van der Waals surface area contributed by atoms with Gasteiger partial charge in [-0.05, 0) is 15.9 Å². The number of halogens is 1. The maximum Gasteiger partial charge on any atom is 0.273 e. The van der Waals surface area contributed by atoms with Gasteiger partial charge in [0, 0.05) is 44.0 Å². The zero-order valence-electron chi connectivity index (χ0n) is 11.1. The van der Waals surface area contributed by atoms with Gasteiger partial charge in [0.15, 0.2) is 5.13 Å². The lowest BCUT2D eigenvalue weighted by Crippen LogP contribution is -2.49. The fourth-order valence-electron chi connectivity index (χ4n) is 2.13. The van der Waals surface area contributed by atoms with Crippen LogP contribution in [0.3, 0.4) is 0 Å². The molecule has 3 heterocycles. The zero-order chi connectivity index (χ0) is 14.8. The van der Waals surface area contributed by atoms with Crippen LogP contribution in [0.2, 0.25) is 0 Å². The molecule has 2 N–H and O–H groups in total. The lowest BCUT2D eigenvalue weighted by molar-refractivity contribution is 0.0741. The van der Waals surface area contributed by atoms with Crippen LogP contribution in [0.5, 0.6) is 0 Å². The first kappa shape index (κ1) is 14.2. The lowest BCUT2D eigenvalue weighted by Gasteiger charge is -2.34. The van der Waals surface area contributed by atoms with Crippen molar-refractivity contribution in [2.75, 3.05) is 36.8 Å². The van der Waals surface area contributed by atoms with Crippen molar-refractivity contribution in [3.8, 4) is 0 Å². The fourth-order valence-corrected chi connectivity index (χ4v) is 2.87. The number of thiazole rings is 1. The molecule has 0 saturated carbocycles. The van der Waals surface area contributed by atoms with Crippen LogP contribution in [0.25, 0.3) is 0 Å². The first-order valence-electron chi connectivity index (χ1n) is 6.36. The van der Waals surface area contributed by atoms with Crippen molar-refractivity contribution in [2.45, 2.75) is 0 Å². The number of hydrogen-bond acceptors (Lipinski definition) is 7. The molecule has 21 heavy (non-hydrogen) atoms. The number of nitrogen functional groups attached to an aromatic ring is 1. The third kappa shape index (κ3) is 3.13. The van der Waals surface area contributed by atoms with Crippen molar-refractivity contribution in [1.29, 1.82) is 0 Å². The minimum absolute atomic E-state index is 0.0701. The average molecular weight is 369 g/mol. The number of piperazine rings is 1. The summed E-state index contributed by atoms with van der Waals surface area (Å²) in [6, 6.07) is 0. The van der Waals surface area contributed by atoms with Crippen molar-refractivity contribution in [1.82, 2.24) is 19.9 Å². The van der Waals surface area contributed by atoms with Crippen LogP contribution < -0.4 is 10.6 Å². The summed E-state index contributed by atoms with van der Waals surface area (Å²) in [6.07, 6.45) is 3.44. The Bertz CT molecular complexity index is 637. The van der Waals surface area contributed by atoms with E-state index in [4.69, 9.17) is 5.73 Å². The van der Waals surface area contributed by atoms with E-state index in [0.717, 1.165) is 4.47 Å². The van der Waals surface area contributed by atoms with Gasteiger partial charge in [0.1, 0.15) is 5.69 Å². The summed E-state index contributed by atoms with van der Waals surface area (Å²) in [7, 11) is 0. The zero-order valence-corrected chi connectivity index (χ0v) is 13.5. The lowest BCUT2D eigenvalue weighted by atomic mass is 10.3. The van der Waals surface area contributed by atoms with Gasteiger partial charge in [-0.25, -0.2) is 15.0 Å². The molecular weight excluding hydrogens is 356 g/mol. The van der Waals surface area contributed by atoms with E-state index >= 15 is 0 Å². The van der Waals surface area contributed by atoms with E-state index in [1.54, 1.807) is 22.7 Å². The fraction of sp³-hybridized carbons (Fsp3) is 0.333. The minimum Gasteiger partial charge on any atom is -0.375 e. The summed E-state index contributed by atoms with van der Waals surface area (Å²) in [4.78, 5) is 28.7. The molecule has 7 nitrogen and oxygen atoms in total. The van der Waals surface area contributed by atoms with E-state index in [-0.39, 0.29) is 5.91 Å². The predicted octanol–water partition coefficient (Wildman–Crippen LogP) is 1.24. The molecule has 1 fully saturated rings. The van der Waals surface area contributed by atoms with Gasteiger partial charge < -0.3 is 15.5 Å². The number of anilines is 2. The molecule has 2 aromatic heterocycles. The number of amides is 1. The number of rotatable bonds is 2. The highest BCUT2D eigenvalue weighted by Crippen LogP contribution is 2.16. The maximum absolute atomic E-state index is 12.3. The number of carbonyl (C=O) groups is 1. The van der Waals surface area contributed by atoms with Gasteiger partial charge in [-0.2, -0.15) is 0 Å². The Morgan fingerprint density at radius 3 is 2.48 bits per heavy atom. The Balaban J connectivity index is 1.62. The molecule has 0 unspecified atom stereocenters. The Morgan fingerprint density at radius 2 is 1.90 bits per heavy atom. The summed E-state index contributed by atoms with van der Waals surface area (Å²) in [6.45, 7) is 2.64. The second kappa shape index (κ2) is 5.94. The molecule has 0 aromatic carbocycles. The van der Waals surface area contributed by atoms with E-state index in [9.17, 15) is 4.79 Å². The number of aromatic nitrogens is 3. The van der Waals surface area contributed by atoms with Gasteiger partial charge in [-0.3, -0.25) is 4.79 Å². The predicted molar refractivity (Wildman–Crippen MR) is 84.4 cm³/mol. The molecule has 1 aliphatic rings. The second-order valence-electron chi connectivity index (χ2n) is 4.55. The average Bonchev–Trinajstić information content (AvgIpc) is 2.94. The number of hydrogen-bond donors (Lipinski definition) is 1. The molecule has 110 valence electrons. The first-order chi connectivity index (χ1) is 10.1. The maximum atomic E-state index is 12.3. The standard InChI is InChI=1S/C12H13BrN6OS/c13-8-5-15-12(16-6-8)19-3-1-18(2-4-19)10(20)9-7-21-11(14)17-9/h5-7H,1-4H2,(H2,14,17). The molecule has 1 aliphatic heterocycles. The van der Waals surface area contributed by atoms with Gasteiger partial charge >= 0.3 is 0 Å². The molecule has 0 aliphatic carbocycles. The summed E-state index contributed by atoms with van der Waals surface area (Å²) < 4.78 is 0.848. The largest absolute Gasteiger partial charge is 0.375 e. The number of carbonyl (C=O) groups excluding carboxylic acids is 1. The van der Waals surface area contributed by atoms with Crippen LogP contribution in [0.1, 0.15) is 10.5 Å². The highest BCUT2D eigenvalue weighted by Gasteiger charge is 2.24. The monoisotopic (exact) mass is 368 g/mol. The van der Waals surface area contributed by atoms with Crippen LogP contribution in [0.15, 0.2) is 22.2 Å². The van der Waals surface area contributed by atoms with E-state index in [1.165, 1.54) is 11.3 Å². The Kier molecular flexibility index (Phi) is 4.02. The molecule has 0 bridgehead atoms. The summed E-state index contributed by atoms with van der Waals surface area (Å²) >= 11 is 4.59. The third-order valence-electron chi connectivity index (χ3n) is 3.20. The molecular formula is C12H13BrN6OS. The van der Waals surface area contributed by atoms with Gasteiger partial charge in [0.25, 0.3) is 5.91 Å². The normalized spacial score (nSPS) is 15.3. The molecule has 0 radical (unpaired) electrons. The van der Waals surface area contributed by atoms with Crippen molar-refractivity contribution in [2.24, 2.45) is 0 Å². The molecule has 1 saturated heterocycles. The molecule has 0 spiro atoms. The molecule has 0 atom stereocenters. The minimum atomic E-state index is -0.0701. The van der Waals surface area contributed by atoms with Crippen LogP contribution >= 0.6 is 27.3 Å². The molecule has 2 aromatic rings. The van der Waals surface area contributed by atoms with Gasteiger partial charge in [-0.1, -0.05) is 0 Å². The second-order valence-corrected chi connectivity index (χ2v) is 6.36. The highest BCUT2D eigenvalue weighted by molar-refractivity contribution is 9.10. The highest BCUT2D eigenvalue weighted by atomic mass is 79.9. The van der Waals surface area contributed by atoms with Gasteiger partial charge in [-0.15, -0.1) is 11.3 Å². The summed E-state index contributed by atoms with van der Waals surface area (Å²) in [5, 5.41) is 2.11. The third-order valence-corrected chi connectivity index (χ3v) is 4.28. The first-order valence-corrected chi connectivity index (χ1v) is 8.03. The Labute approximate surface area is 133 Å². The molecule has 9 heteroatoms. The Morgan fingerprint density at radius 1 is 1.24 bits per heavy atom. The van der Waals surface area contributed by atoms with Crippen molar-refractivity contribution >= 4 is 44.3 Å². The van der Waals surface area contributed by atoms with Crippen molar-refractivity contribution < 1.29 is 4.79 Å². The summed E-state index contributed by atoms with van der Waals surface area (Å²) in [5.74, 6) is 0.613. The van der Waals surface area contributed by atoms with Gasteiger partial charge in [0.2, 0.25) is 5.95 Å². The quantitative estimate of drug-likeness (QED) is 0.857. The Hall–Kier alpha value is -1.74. The van der Waals surface area contributed by atoms with Crippen LogP contribution in [0, 0.1) is 0 Å². The van der Waals surface area contributed by atoms with Crippen molar-refractivity contribution in [3.63, 3.8) is 0 Å². The van der Waals surface area contributed by atoms with E-state index in [0.29, 0.717) is 43.0 Å². The van der Waals surface area contributed by atoms with Crippen LogP contribution in [0.4, 0.5) is 11.1 Å².